The molecule has 0 aliphatic heterocycles. The zero-order valence-corrected chi connectivity index (χ0v) is 11.8. The minimum Gasteiger partial charge on any atom is -0.477 e. The lowest BCUT2D eigenvalue weighted by molar-refractivity contribution is 0.0690. The molecule has 0 saturated heterocycles. The molecule has 1 aromatic carbocycles. The third-order valence-corrected chi connectivity index (χ3v) is 3.32. The Morgan fingerprint density at radius 3 is 2.73 bits per heavy atom. The van der Waals surface area contributed by atoms with Crippen LogP contribution in [0.2, 0.25) is 0 Å². The third kappa shape index (κ3) is 2.67. The molecule has 3 rings (SSSR count). The fourth-order valence-corrected chi connectivity index (χ4v) is 2.29. The molecule has 6 nitrogen and oxygen atoms in total. The topological polar surface area (TPSA) is 95.1 Å². The van der Waals surface area contributed by atoms with E-state index in [0.29, 0.717) is 5.69 Å². The summed E-state index contributed by atoms with van der Waals surface area (Å²) in [5, 5.41) is 13.0. The SMILES string of the molecule is Cc1cc(=O)[nH]c2ccc(Nc3ccnc(C(=O)O)c3)cc12. The first-order valence-corrected chi connectivity index (χ1v) is 6.63. The smallest absolute Gasteiger partial charge is 0.354 e. The number of benzene rings is 1. The molecule has 0 aliphatic rings. The van der Waals surface area contributed by atoms with Crippen molar-refractivity contribution in [1.82, 2.24) is 9.97 Å². The number of carboxylic acids is 1. The quantitative estimate of drug-likeness (QED) is 0.690. The van der Waals surface area contributed by atoms with Gasteiger partial charge in [0.15, 0.2) is 0 Å². The minimum absolute atomic E-state index is 0.0219. The highest BCUT2D eigenvalue weighted by atomic mass is 16.4. The number of aromatic amines is 1. The number of aromatic carboxylic acids is 1. The van der Waals surface area contributed by atoms with Gasteiger partial charge in [0.2, 0.25) is 5.56 Å². The van der Waals surface area contributed by atoms with Gasteiger partial charge in [0.25, 0.3) is 0 Å². The van der Waals surface area contributed by atoms with Crippen LogP contribution in [0.25, 0.3) is 10.9 Å². The molecular weight excluding hydrogens is 282 g/mol. The Labute approximate surface area is 125 Å². The third-order valence-electron chi connectivity index (χ3n) is 3.32. The Bertz CT molecular complexity index is 931. The second-order valence-corrected chi connectivity index (χ2v) is 4.94. The average molecular weight is 295 g/mol. The Balaban J connectivity index is 1.99. The van der Waals surface area contributed by atoms with Gasteiger partial charge in [0.05, 0.1) is 0 Å². The van der Waals surface area contributed by atoms with Crippen LogP contribution in [0.3, 0.4) is 0 Å². The second-order valence-electron chi connectivity index (χ2n) is 4.94. The molecule has 0 fully saturated rings. The van der Waals surface area contributed by atoms with Crippen LogP contribution in [0, 0.1) is 6.92 Å². The molecule has 3 aromatic rings. The van der Waals surface area contributed by atoms with E-state index in [1.807, 2.05) is 25.1 Å². The maximum Gasteiger partial charge on any atom is 0.354 e. The Hall–Kier alpha value is -3.15. The van der Waals surface area contributed by atoms with Gasteiger partial charge in [0, 0.05) is 34.5 Å². The maximum atomic E-state index is 11.4. The van der Waals surface area contributed by atoms with Crippen LogP contribution < -0.4 is 10.9 Å². The predicted molar refractivity (Wildman–Crippen MR) is 83.8 cm³/mol. The lowest BCUT2D eigenvalue weighted by Crippen LogP contribution is -2.05. The monoisotopic (exact) mass is 295 g/mol. The average Bonchev–Trinajstić information content (AvgIpc) is 2.48. The highest BCUT2D eigenvalue weighted by molar-refractivity contribution is 5.88. The van der Waals surface area contributed by atoms with Crippen molar-refractivity contribution in [3.8, 4) is 0 Å². The Morgan fingerprint density at radius 2 is 1.95 bits per heavy atom. The maximum absolute atomic E-state index is 11.4. The normalized spacial score (nSPS) is 10.6. The summed E-state index contributed by atoms with van der Waals surface area (Å²) in [6.45, 7) is 1.87. The Morgan fingerprint density at radius 1 is 1.18 bits per heavy atom. The molecular formula is C16H13N3O3. The Kier molecular flexibility index (Phi) is 3.34. The molecule has 0 spiro atoms. The van der Waals surface area contributed by atoms with Gasteiger partial charge < -0.3 is 15.4 Å². The largest absolute Gasteiger partial charge is 0.477 e. The van der Waals surface area contributed by atoms with Gasteiger partial charge in [-0.1, -0.05) is 0 Å². The fourth-order valence-electron chi connectivity index (χ4n) is 2.29. The van der Waals surface area contributed by atoms with Crippen LogP contribution in [0.15, 0.2) is 47.4 Å². The lowest BCUT2D eigenvalue weighted by atomic mass is 10.1. The second kappa shape index (κ2) is 5.33. The van der Waals surface area contributed by atoms with Crippen LogP contribution in [0.1, 0.15) is 16.1 Å². The van der Waals surface area contributed by atoms with E-state index in [1.165, 1.54) is 12.3 Å². The summed E-state index contributed by atoms with van der Waals surface area (Å²) < 4.78 is 0. The summed E-state index contributed by atoms with van der Waals surface area (Å²) >= 11 is 0. The summed E-state index contributed by atoms with van der Waals surface area (Å²) in [6.07, 6.45) is 1.44. The number of pyridine rings is 2. The molecule has 22 heavy (non-hydrogen) atoms. The summed E-state index contributed by atoms with van der Waals surface area (Å²) in [6, 6.07) is 10.2. The van der Waals surface area contributed by atoms with E-state index in [1.54, 1.807) is 12.1 Å². The molecule has 2 aromatic heterocycles. The molecule has 2 heterocycles. The van der Waals surface area contributed by atoms with E-state index in [9.17, 15) is 9.59 Å². The van der Waals surface area contributed by atoms with Crippen LogP contribution in [-0.2, 0) is 0 Å². The molecule has 110 valence electrons. The summed E-state index contributed by atoms with van der Waals surface area (Å²) in [7, 11) is 0. The van der Waals surface area contributed by atoms with E-state index < -0.39 is 5.97 Å². The van der Waals surface area contributed by atoms with Gasteiger partial charge >= 0.3 is 5.97 Å². The van der Waals surface area contributed by atoms with Crippen LogP contribution in [-0.4, -0.2) is 21.0 Å². The number of aryl methyl sites for hydroxylation is 1. The van der Waals surface area contributed by atoms with Gasteiger partial charge in [0.1, 0.15) is 5.69 Å². The predicted octanol–water partition coefficient (Wildman–Crippen LogP) is 2.67. The van der Waals surface area contributed by atoms with Crippen molar-refractivity contribution >= 4 is 28.2 Å². The van der Waals surface area contributed by atoms with E-state index in [-0.39, 0.29) is 11.3 Å². The highest BCUT2D eigenvalue weighted by Gasteiger charge is 2.06. The van der Waals surface area contributed by atoms with Crippen LogP contribution in [0.4, 0.5) is 11.4 Å². The van der Waals surface area contributed by atoms with Gasteiger partial charge in [-0.3, -0.25) is 4.79 Å². The molecule has 0 saturated carbocycles. The van der Waals surface area contributed by atoms with Crippen molar-refractivity contribution in [2.75, 3.05) is 5.32 Å². The molecule has 3 N–H and O–H groups in total. The summed E-state index contributed by atoms with van der Waals surface area (Å²) in [5.41, 5.74) is 2.91. The molecule has 6 heteroatoms. The number of anilines is 2. The van der Waals surface area contributed by atoms with Crippen molar-refractivity contribution in [3.05, 3.63) is 64.2 Å². The molecule has 0 aliphatic carbocycles. The van der Waals surface area contributed by atoms with Crippen molar-refractivity contribution in [2.24, 2.45) is 0 Å². The molecule has 0 radical (unpaired) electrons. The van der Waals surface area contributed by atoms with Gasteiger partial charge in [-0.2, -0.15) is 0 Å². The highest BCUT2D eigenvalue weighted by Crippen LogP contribution is 2.22. The molecule has 0 bridgehead atoms. The van der Waals surface area contributed by atoms with Crippen LogP contribution in [0.5, 0.6) is 0 Å². The van der Waals surface area contributed by atoms with E-state index in [4.69, 9.17) is 5.11 Å². The van der Waals surface area contributed by atoms with Crippen molar-refractivity contribution in [2.45, 2.75) is 6.92 Å². The first-order chi connectivity index (χ1) is 10.5. The lowest BCUT2D eigenvalue weighted by Gasteiger charge is -2.09. The molecule has 0 amide bonds. The van der Waals surface area contributed by atoms with E-state index in [2.05, 4.69) is 15.3 Å². The van der Waals surface area contributed by atoms with Crippen LogP contribution >= 0.6 is 0 Å². The van der Waals surface area contributed by atoms with Crippen molar-refractivity contribution in [1.29, 1.82) is 0 Å². The van der Waals surface area contributed by atoms with Gasteiger partial charge in [-0.15, -0.1) is 0 Å². The minimum atomic E-state index is -1.07. The summed E-state index contributed by atoms with van der Waals surface area (Å²) in [5.74, 6) is -1.07. The first-order valence-electron chi connectivity index (χ1n) is 6.63. The number of nitrogens with zero attached hydrogens (tertiary/aromatic N) is 1. The number of fused-ring (bicyclic) bond motifs is 1. The van der Waals surface area contributed by atoms with Gasteiger partial charge in [-0.25, -0.2) is 9.78 Å². The first kappa shape index (κ1) is 13.8. The van der Waals surface area contributed by atoms with E-state index >= 15 is 0 Å². The number of H-pyrrole nitrogens is 1. The van der Waals surface area contributed by atoms with Crippen molar-refractivity contribution < 1.29 is 9.90 Å². The van der Waals surface area contributed by atoms with Crippen molar-refractivity contribution in [3.63, 3.8) is 0 Å². The van der Waals surface area contributed by atoms with E-state index in [0.717, 1.165) is 22.2 Å². The number of nitrogens with one attached hydrogen (secondary N) is 2. The number of aromatic nitrogens is 2. The molecule has 0 unspecified atom stereocenters. The zero-order chi connectivity index (χ0) is 15.7. The number of carbonyl (C=O) groups is 1. The number of hydrogen-bond donors (Lipinski definition) is 3. The van der Waals surface area contributed by atoms with Gasteiger partial charge in [-0.05, 0) is 42.8 Å². The fraction of sp³-hybridized carbons (Fsp3) is 0.0625. The number of carboxylic acid groups (broad SMARTS) is 1. The number of rotatable bonds is 3. The molecule has 0 atom stereocenters. The number of hydrogen-bond acceptors (Lipinski definition) is 4. The standard InChI is InChI=1S/C16H13N3O3/c1-9-6-15(20)19-13-3-2-10(7-12(9)13)18-11-4-5-17-14(8-11)16(21)22/h2-8H,1H3,(H,17,18)(H,19,20)(H,21,22). The summed E-state index contributed by atoms with van der Waals surface area (Å²) in [4.78, 5) is 28.9. The zero-order valence-electron chi connectivity index (χ0n) is 11.8.